The van der Waals surface area contributed by atoms with Gasteiger partial charge in [0.2, 0.25) is 5.91 Å². The molecule has 7 heteroatoms. The molecule has 0 spiro atoms. The zero-order valence-corrected chi connectivity index (χ0v) is 13.1. The molecule has 1 amide bonds. The minimum Gasteiger partial charge on any atom is -0.495 e. The number of carbonyl (C=O) groups excluding carboxylic acids is 1. The van der Waals surface area contributed by atoms with Crippen molar-refractivity contribution >= 4 is 11.6 Å². The Hall–Kier alpha value is -2.41. The van der Waals surface area contributed by atoms with Crippen LogP contribution in [0.25, 0.3) is 5.69 Å². The fourth-order valence-electron chi connectivity index (χ4n) is 2.72. The first kappa shape index (κ1) is 15.5. The predicted molar refractivity (Wildman–Crippen MR) is 84.7 cm³/mol. The van der Waals surface area contributed by atoms with Crippen LogP contribution in [0.5, 0.6) is 5.75 Å². The molecule has 1 aliphatic rings. The number of ether oxygens (including phenoxy) is 2. The van der Waals surface area contributed by atoms with Gasteiger partial charge in [0.1, 0.15) is 18.4 Å². The molecule has 1 saturated heterocycles. The molecule has 0 aliphatic carbocycles. The number of nitrogens with one attached hydrogen (secondary N) is 1. The summed E-state index contributed by atoms with van der Waals surface area (Å²) < 4.78 is 12.5. The van der Waals surface area contributed by atoms with Gasteiger partial charge in [0, 0.05) is 19.6 Å². The highest BCUT2D eigenvalue weighted by Gasteiger charge is 2.18. The third-order valence-corrected chi connectivity index (χ3v) is 3.90. The molecule has 23 heavy (non-hydrogen) atoms. The van der Waals surface area contributed by atoms with E-state index in [1.54, 1.807) is 24.3 Å². The minimum absolute atomic E-state index is 0.0280. The van der Waals surface area contributed by atoms with Crippen molar-refractivity contribution in [3.63, 3.8) is 0 Å². The van der Waals surface area contributed by atoms with Gasteiger partial charge in [0.25, 0.3) is 0 Å². The van der Waals surface area contributed by atoms with Crippen molar-refractivity contribution in [2.45, 2.75) is 19.3 Å². The summed E-state index contributed by atoms with van der Waals surface area (Å²) in [6, 6.07) is 5.54. The Balaban J connectivity index is 1.72. The van der Waals surface area contributed by atoms with E-state index in [-0.39, 0.29) is 11.8 Å². The van der Waals surface area contributed by atoms with Crippen molar-refractivity contribution in [1.29, 1.82) is 0 Å². The maximum absolute atomic E-state index is 12.3. The SMILES string of the molecule is COc1ccc(-n2cnnc2)cc1NC(=O)CC1CCCOC1. The molecule has 0 radical (unpaired) electrons. The molecule has 122 valence electrons. The lowest BCUT2D eigenvalue weighted by Crippen LogP contribution is -2.23. The summed E-state index contributed by atoms with van der Waals surface area (Å²) in [4.78, 5) is 12.3. The number of amides is 1. The molecule has 2 aromatic rings. The zero-order chi connectivity index (χ0) is 16.1. The smallest absolute Gasteiger partial charge is 0.224 e. The van der Waals surface area contributed by atoms with Crippen LogP contribution < -0.4 is 10.1 Å². The number of anilines is 1. The summed E-state index contributed by atoms with van der Waals surface area (Å²) in [5, 5.41) is 10.5. The Labute approximate surface area is 134 Å². The fourth-order valence-corrected chi connectivity index (χ4v) is 2.72. The summed E-state index contributed by atoms with van der Waals surface area (Å²) in [5.41, 5.74) is 1.49. The molecule has 3 rings (SSSR count). The highest BCUT2D eigenvalue weighted by molar-refractivity contribution is 5.92. The lowest BCUT2D eigenvalue weighted by atomic mass is 9.98. The Morgan fingerprint density at radius 2 is 2.26 bits per heavy atom. The Kier molecular flexibility index (Phi) is 4.87. The number of carbonyl (C=O) groups is 1. The van der Waals surface area contributed by atoms with E-state index in [1.165, 1.54) is 0 Å². The standard InChI is InChI=1S/C16H20N4O3/c1-22-15-5-4-13(20-10-17-18-11-20)8-14(15)19-16(21)7-12-3-2-6-23-9-12/h4-5,8,10-12H,2-3,6-7,9H2,1H3,(H,19,21). The van der Waals surface area contributed by atoms with Gasteiger partial charge < -0.3 is 14.8 Å². The first-order valence-corrected chi connectivity index (χ1v) is 7.67. The molecule has 0 saturated carbocycles. The molecule has 1 atom stereocenters. The number of hydrogen-bond donors (Lipinski definition) is 1. The third-order valence-electron chi connectivity index (χ3n) is 3.90. The summed E-state index contributed by atoms with van der Waals surface area (Å²) in [6.07, 6.45) is 5.72. The number of rotatable bonds is 5. The number of methoxy groups -OCH3 is 1. The maximum atomic E-state index is 12.3. The number of aromatic nitrogens is 3. The van der Waals surface area contributed by atoms with Crippen molar-refractivity contribution in [1.82, 2.24) is 14.8 Å². The van der Waals surface area contributed by atoms with Crippen LogP contribution in [0, 0.1) is 5.92 Å². The van der Waals surface area contributed by atoms with Crippen LogP contribution in [0.3, 0.4) is 0 Å². The topological polar surface area (TPSA) is 78.3 Å². The van der Waals surface area contributed by atoms with Crippen molar-refractivity contribution in [2.24, 2.45) is 5.92 Å². The van der Waals surface area contributed by atoms with Crippen LogP contribution in [0.2, 0.25) is 0 Å². The molecule has 7 nitrogen and oxygen atoms in total. The lowest BCUT2D eigenvalue weighted by molar-refractivity contribution is -0.118. The molecular formula is C16H20N4O3. The van der Waals surface area contributed by atoms with E-state index in [9.17, 15) is 4.79 Å². The fraction of sp³-hybridized carbons (Fsp3) is 0.438. The van der Waals surface area contributed by atoms with Gasteiger partial charge in [-0.25, -0.2) is 0 Å². The van der Waals surface area contributed by atoms with E-state index in [1.807, 2.05) is 18.2 Å². The third kappa shape index (κ3) is 3.87. The van der Waals surface area contributed by atoms with Crippen LogP contribution in [0.15, 0.2) is 30.9 Å². The van der Waals surface area contributed by atoms with Gasteiger partial charge in [0.05, 0.1) is 18.5 Å². The van der Waals surface area contributed by atoms with Gasteiger partial charge in [-0.15, -0.1) is 10.2 Å². The van der Waals surface area contributed by atoms with Gasteiger partial charge in [0.15, 0.2) is 0 Å². The minimum atomic E-state index is -0.0280. The molecular weight excluding hydrogens is 296 g/mol. The van der Waals surface area contributed by atoms with Crippen LogP contribution in [-0.2, 0) is 9.53 Å². The van der Waals surface area contributed by atoms with Gasteiger partial charge in [-0.2, -0.15) is 0 Å². The van der Waals surface area contributed by atoms with E-state index < -0.39 is 0 Å². The number of benzene rings is 1. The Morgan fingerprint density at radius 1 is 1.43 bits per heavy atom. The van der Waals surface area contributed by atoms with E-state index in [4.69, 9.17) is 9.47 Å². The second-order valence-corrected chi connectivity index (χ2v) is 5.59. The van der Waals surface area contributed by atoms with Gasteiger partial charge in [-0.05, 0) is 37.0 Å². The molecule has 1 aromatic heterocycles. The highest BCUT2D eigenvalue weighted by Crippen LogP contribution is 2.28. The highest BCUT2D eigenvalue weighted by atomic mass is 16.5. The number of nitrogens with zero attached hydrogens (tertiary/aromatic N) is 3. The van der Waals surface area contributed by atoms with Gasteiger partial charge >= 0.3 is 0 Å². The average Bonchev–Trinajstić information content (AvgIpc) is 3.10. The predicted octanol–water partition coefficient (Wildman–Crippen LogP) is 2.03. The van der Waals surface area contributed by atoms with Crippen molar-refractivity contribution < 1.29 is 14.3 Å². The Morgan fingerprint density at radius 3 is 2.96 bits per heavy atom. The van der Waals surface area contributed by atoms with Gasteiger partial charge in [-0.1, -0.05) is 0 Å². The van der Waals surface area contributed by atoms with E-state index in [2.05, 4.69) is 15.5 Å². The van der Waals surface area contributed by atoms with Crippen molar-refractivity contribution in [3.05, 3.63) is 30.9 Å². The Bertz CT molecular complexity index is 651. The summed E-state index contributed by atoms with van der Waals surface area (Å²) in [6.45, 7) is 1.46. The van der Waals surface area contributed by atoms with Crippen LogP contribution in [0.4, 0.5) is 5.69 Å². The second-order valence-electron chi connectivity index (χ2n) is 5.59. The summed E-state index contributed by atoms with van der Waals surface area (Å²) in [5.74, 6) is 0.880. The molecule has 1 N–H and O–H groups in total. The van der Waals surface area contributed by atoms with Crippen molar-refractivity contribution in [2.75, 3.05) is 25.6 Å². The van der Waals surface area contributed by atoms with Crippen molar-refractivity contribution in [3.8, 4) is 11.4 Å². The molecule has 1 fully saturated rings. The maximum Gasteiger partial charge on any atom is 0.224 e. The first-order valence-electron chi connectivity index (χ1n) is 7.67. The molecule has 1 unspecified atom stereocenters. The van der Waals surface area contributed by atoms with Crippen LogP contribution in [-0.4, -0.2) is 41.0 Å². The summed E-state index contributed by atoms with van der Waals surface area (Å²) >= 11 is 0. The molecule has 0 bridgehead atoms. The van der Waals surface area contributed by atoms with E-state index in [0.29, 0.717) is 24.5 Å². The average molecular weight is 316 g/mol. The molecule has 1 aliphatic heterocycles. The van der Waals surface area contributed by atoms with E-state index >= 15 is 0 Å². The van der Waals surface area contributed by atoms with Crippen LogP contribution >= 0.6 is 0 Å². The lowest BCUT2D eigenvalue weighted by Gasteiger charge is -2.21. The largest absolute Gasteiger partial charge is 0.495 e. The monoisotopic (exact) mass is 316 g/mol. The van der Waals surface area contributed by atoms with Gasteiger partial charge in [-0.3, -0.25) is 9.36 Å². The zero-order valence-electron chi connectivity index (χ0n) is 13.1. The molecule has 1 aromatic carbocycles. The molecule has 2 heterocycles. The first-order chi connectivity index (χ1) is 11.3. The van der Waals surface area contributed by atoms with E-state index in [0.717, 1.165) is 25.1 Å². The number of hydrogen-bond acceptors (Lipinski definition) is 5. The summed E-state index contributed by atoms with van der Waals surface area (Å²) in [7, 11) is 1.58. The van der Waals surface area contributed by atoms with Crippen LogP contribution in [0.1, 0.15) is 19.3 Å². The quantitative estimate of drug-likeness (QED) is 0.913. The normalized spacial score (nSPS) is 17.7. The second kappa shape index (κ2) is 7.23.